The predicted octanol–water partition coefficient (Wildman–Crippen LogP) is 0.923. The number of hydrogen-bond donors (Lipinski definition) is 1. The molecule has 0 spiro atoms. The van der Waals surface area contributed by atoms with Crippen LogP contribution < -0.4 is 10.6 Å². The maximum atomic E-state index is 11.5. The molecule has 0 amide bonds. The zero-order valence-corrected chi connectivity index (χ0v) is 11.0. The Bertz CT molecular complexity index is 410. The fourth-order valence-corrected chi connectivity index (χ4v) is 1.62. The van der Waals surface area contributed by atoms with Gasteiger partial charge in [0.05, 0.1) is 25.0 Å². The molecule has 1 aromatic rings. The molecular formula is C12H19N3O3. The summed E-state index contributed by atoms with van der Waals surface area (Å²) in [5, 5.41) is 0. The van der Waals surface area contributed by atoms with Crippen molar-refractivity contribution in [1.82, 2.24) is 4.98 Å². The molecule has 1 aromatic heterocycles. The molecule has 0 radical (unpaired) electrons. The van der Waals surface area contributed by atoms with Gasteiger partial charge in [0.15, 0.2) is 5.82 Å². The molecule has 0 saturated heterocycles. The van der Waals surface area contributed by atoms with Gasteiger partial charge in [0.1, 0.15) is 0 Å². The van der Waals surface area contributed by atoms with Gasteiger partial charge in [0.2, 0.25) is 0 Å². The summed E-state index contributed by atoms with van der Waals surface area (Å²) >= 11 is 0. The highest BCUT2D eigenvalue weighted by Gasteiger charge is 2.17. The van der Waals surface area contributed by atoms with Gasteiger partial charge in [-0.15, -0.1) is 0 Å². The number of aromatic nitrogens is 1. The molecule has 0 saturated carbocycles. The fraction of sp³-hybridized carbons (Fsp3) is 0.500. The minimum absolute atomic E-state index is 0.332. The van der Waals surface area contributed by atoms with Crippen molar-refractivity contribution in [3.05, 3.63) is 17.8 Å². The first kappa shape index (κ1) is 14.2. The highest BCUT2D eigenvalue weighted by atomic mass is 16.5. The third-order valence-corrected chi connectivity index (χ3v) is 2.62. The number of esters is 1. The molecule has 2 N–H and O–H groups in total. The maximum Gasteiger partial charge on any atom is 0.340 e. The van der Waals surface area contributed by atoms with E-state index in [0.29, 0.717) is 30.2 Å². The number of nitrogen functional groups attached to an aromatic ring is 1. The maximum absolute atomic E-state index is 11.5. The molecular weight excluding hydrogens is 234 g/mol. The third kappa shape index (κ3) is 3.10. The minimum atomic E-state index is -0.459. The topological polar surface area (TPSA) is 77.7 Å². The lowest BCUT2D eigenvalue weighted by Gasteiger charge is -2.23. The monoisotopic (exact) mass is 253 g/mol. The van der Waals surface area contributed by atoms with Crippen molar-refractivity contribution in [1.29, 1.82) is 0 Å². The van der Waals surface area contributed by atoms with Crippen molar-refractivity contribution >= 4 is 17.5 Å². The summed E-state index contributed by atoms with van der Waals surface area (Å²) in [6.07, 6.45) is 1.55. The summed E-state index contributed by atoms with van der Waals surface area (Å²) in [6.45, 7) is 3.94. The Morgan fingerprint density at radius 1 is 1.50 bits per heavy atom. The van der Waals surface area contributed by atoms with E-state index in [4.69, 9.17) is 10.5 Å². The van der Waals surface area contributed by atoms with E-state index < -0.39 is 5.97 Å². The lowest BCUT2D eigenvalue weighted by molar-refractivity contribution is 0.0602. The van der Waals surface area contributed by atoms with E-state index in [9.17, 15) is 4.79 Å². The zero-order chi connectivity index (χ0) is 13.5. The zero-order valence-electron chi connectivity index (χ0n) is 11.0. The number of pyridine rings is 1. The van der Waals surface area contributed by atoms with Gasteiger partial charge in [-0.2, -0.15) is 0 Å². The van der Waals surface area contributed by atoms with Crippen LogP contribution in [-0.2, 0) is 9.47 Å². The molecule has 18 heavy (non-hydrogen) atoms. The Labute approximate surface area is 107 Å². The van der Waals surface area contributed by atoms with Gasteiger partial charge in [0, 0.05) is 26.4 Å². The highest BCUT2D eigenvalue weighted by molar-refractivity contribution is 5.97. The number of methoxy groups -OCH3 is 2. The number of nitrogens with zero attached hydrogens (tertiary/aromatic N) is 2. The molecule has 0 bridgehead atoms. The van der Waals surface area contributed by atoms with E-state index in [1.807, 2.05) is 11.8 Å². The molecule has 0 aliphatic rings. The Balaban J connectivity index is 3.04. The van der Waals surface area contributed by atoms with Crippen molar-refractivity contribution in [2.45, 2.75) is 6.92 Å². The van der Waals surface area contributed by atoms with Crippen LogP contribution in [0.25, 0.3) is 0 Å². The lowest BCUT2D eigenvalue weighted by Crippen LogP contribution is -2.29. The largest absolute Gasteiger partial charge is 0.465 e. The second kappa shape index (κ2) is 6.80. The van der Waals surface area contributed by atoms with Gasteiger partial charge in [0.25, 0.3) is 0 Å². The molecule has 1 heterocycles. The summed E-state index contributed by atoms with van der Waals surface area (Å²) in [5.41, 5.74) is 6.63. The van der Waals surface area contributed by atoms with Gasteiger partial charge >= 0.3 is 5.97 Å². The van der Waals surface area contributed by atoms with Crippen LogP contribution >= 0.6 is 0 Å². The number of nitrogens with two attached hydrogens (primary N) is 1. The predicted molar refractivity (Wildman–Crippen MR) is 69.8 cm³/mol. The van der Waals surface area contributed by atoms with Crippen LogP contribution in [0, 0.1) is 0 Å². The molecule has 6 heteroatoms. The number of ether oxygens (including phenoxy) is 2. The van der Waals surface area contributed by atoms with E-state index in [1.165, 1.54) is 7.11 Å². The first-order chi connectivity index (χ1) is 8.65. The Morgan fingerprint density at radius 3 is 2.78 bits per heavy atom. The van der Waals surface area contributed by atoms with Crippen molar-refractivity contribution in [3.8, 4) is 0 Å². The molecule has 0 aliphatic heterocycles. The normalized spacial score (nSPS) is 10.2. The van der Waals surface area contributed by atoms with Gasteiger partial charge in [-0.1, -0.05) is 0 Å². The summed E-state index contributed by atoms with van der Waals surface area (Å²) < 4.78 is 9.71. The second-order valence-corrected chi connectivity index (χ2v) is 3.66. The third-order valence-electron chi connectivity index (χ3n) is 2.62. The number of hydrogen-bond acceptors (Lipinski definition) is 6. The summed E-state index contributed by atoms with van der Waals surface area (Å²) in [6, 6.07) is 1.55. The first-order valence-corrected chi connectivity index (χ1v) is 5.72. The molecule has 0 aromatic carbocycles. The van der Waals surface area contributed by atoms with Crippen molar-refractivity contribution in [2.75, 3.05) is 44.5 Å². The van der Waals surface area contributed by atoms with Crippen molar-refractivity contribution in [3.63, 3.8) is 0 Å². The average molecular weight is 253 g/mol. The SMILES string of the molecule is CCN(CCOC)c1nccc(C(=O)OC)c1N. The standard InChI is InChI=1S/C12H19N3O3/c1-4-15(7-8-17-2)11-10(13)9(5-6-14-11)12(16)18-3/h5-6H,4,7-8,13H2,1-3H3. The molecule has 0 aliphatic carbocycles. The molecule has 0 unspecified atom stereocenters. The van der Waals surface area contributed by atoms with Crippen LogP contribution in [0.4, 0.5) is 11.5 Å². The molecule has 1 rings (SSSR count). The van der Waals surface area contributed by atoms with Gasteiger partial charge in [-0.25, -0.2) is 9.78 Å². The second-order valence-electron chi connectivity index (χ2n) is 3.66. The molecule has 100 valence electrons. The summed E-state index contributed by atoms with van der Waals surface area (Å²) in [5.74, 6) is 0.122. The number of carbonyl (C=O) groups excluding carboxylic acids is 1. The quantitative estimate of drug-likeness (QED) is 0.760. The van der Waals surface area contributed by atoms with Crippen molar-refractivity contribution < 1.29 is 14.3 Å². The van der Waals surface area contributed by atoms with Gasteiger partial charge in [-0.05, 0) is 13.0 Å². The average Bonchev–Trinajstić information content (AvgIpc) is 2.40. The minimum Gasteiger partial charge on any atom is -0.465 e. The Morgan fingerprint density at radius 2 is 2.22 bits per heavy atom. The van der Waals surface area contributed by atoms with Crippen molar-refractivity contribution in [2.24, 2.45) is 0 Å². The fourth-order valence-electron chi connectivity index (χ4n) is 1.62. The van der Waals surface area contributed by atoms with Crippen LogP contribution in [0.2, 0.25) is 0 Å². The lowest BCUT2D eigenvalue weighted by atomic mass is 10.2. The Hall–Kier alpha value is -1.82. The van der Waals surface area contributed by atoms with Crippen LogP contribution in [0.1, 0.15) is 17.3 Å². The molecule has 0 atom stereocenters. The highest BCUT2D eigenvalue weighted by Crippen LogP contribution is 2.24. The number of anilines is 2. The van der Waals surface area contributed by atoms with Crippen LogP contribution in [-0.4, -0.2) is 44.9 Å². The van der Waals surface area contributed by atoms with E-state index in [2.05, 4.69) is 9.72 Å². The Kier molecular flexibility index (Phi) is 5.38. The van der Waals surface area contributed by atoms with E-state index in [0.717, 1.165) is 6.54 Å². The van der Waals surface area contributed by atoms with Crippen LogP contribution in [0.5, 0.6) is 0 Å². The molecule has 6 nitrogen and oxygen atoms in total. The molecule has 0 fully saturated rings. The number of likely N-dealkylation sites (N-methyl/N-ethyl adjacent to an activating group) is 1. The summed E-state index contributed by atoms with van der Waals surface area (Å²) in [7, 11) is 2.96. The number of rotatable bonds is 6. The van der Waals surface area contributed by atoms with Crippen LogP contribution in [0.3, 0.4) is 0 Å². The van der Waals surface area contributed by atoms with Gasteiger partial charge < -0.3 is 20.1 Å². The summed E-state index contributed by atoms with van der Waals surface area (Å²) in [4.78, 5) is 17.7. The smallest absolute Gasteiger partial charge is 0.340 e. The van der Waals surface area contributed by atoms with E-state index in [1.54, 1.807) is 19.4 Å². The van der Waals surface area contributed by atoms with E-state index >= 15 is 0 Å². The first-order valence-electron chi connectivity index (χ1n) is 5.72. The van der Waals surface area contributed by atoms with Gasteiger partial charge in [-0.3, -0.25) is 0 Å². The van der Waals surface area contributed by atoms with E-state index in [-0.39, 0.29) is 0 Å². The van der Waals surface area contributed by atoms with Crippen LogP contribution in [0.15, 0.2) is 12.3 Å². The number of carbonyl (C=O) groups is 1.